The van der Waals surface area contributed by atoms with Crippen LogP contribution in [0.15, 0.2) is 35.4 Å². The van der Waals surface area contributed by atoms with Crippen molar-refractivity contribution in [3.8, 4) is 6.07 Å². The van der Waals surface area contributed by atoms with E-state index >= 15 is 0 Å². The number of alkyl halides is 3. The number of aromatic nitrogens is 1. The first-order valence-electron chi connectivity index (χ1n) is 8.74. The van der Waals surface area contributed by atoms with Crippen molar-refractivity contribution in [2.75, 3.05) is 18.5 Å². The number of nitrogens with one attached hydrogen (secondary N) is 2. The van der Waals surface area contributed by atoms with Crippen molar-refractivity contribution in [2.24, 2.45) is 7.05 Å². The minimum absolute atomic E-state index is 0.0748. The smallest absolute Gasteiger partial charge is 0.379 e. The first kappa shape index (κ1) is 22.7. The zero-order chi connectivity index (χ0) is 23.0. The summed E-state index contributed by atoms with van der Waals surface area (Å²) in [6, 6.07) is 5.78. The summed E-state index contributed by atoms with van der Waals surface area (Å²) in [5.74, 6) is -1.59. The molecule has 0 aliphatic carbocycles. The number of hydrogen-bond acceptors (Lipinski definition) is 5. The average molecular weight is 460 g/mol. The molecule has 0 bridgehead atoms. The third-order valence-corrected chi connectivity index (χ3v) is 6.26. The quantitative estimate of drug-likeness (QED) is 0.665. The van der Waals surface area contributed by atoms with Gasteiger partial charge in [-0.3, -0.25) is 4.79 Å². The number of nitrogens with zero attached hydrogens (tertiary/aromatic N) is 2. The molecule has 1 aromatic carbocycles. The van der Waals surface area contributed by atoms with Gasteiger partial charge in [-0.2, -0.15) is 23.2 Å². The molecule has 1 unspecified atom stereocenters. The molecule has 2 heterocycles. The molecule has 0 radical (unpaired) electrons. The predicted octanol–water partition coefficient (Wildman–Crippen LogP) is 2.29. The van der Waals surface area contributed by atoms with Crippen LogP contribution in [0.5, 0.6) is 0 Å². The zero-order valence-corrected chi connectivity index (χ0v) is 16.8. The molecular formula is C18H16F4N4O4S. The van der Waals surface area contributed by atoms with Gasteiger partial charge in [-0.1, -0.05) is 0 Å². The molecular weight excluding hydrogens is 444 g/mol. The van der Waals surface area contributed by atoms with Crippen LogP contribution in [0.2, 0.25) is 0 Å². The summed E-state index contributed by atoms with van der Waals surface area (Å²) >= 11 is 0. The number of benzene rings is 1. The first-order valence-corrected chi connectivity index (χ1v) is 10.2. The maximum absolute atomic E-state index is 13.5. The number of amides is 1. The lowest BCUT2D eigenvalue weighted by molar-refractivity contribution is -0.189. The van der Waals surface area contributed by atoms with Crippen LogP contribution in [0.25, 0.3) is 0 Å². The molecule has 1 atom stereocenters. The van der Waals surface area contributed by atoms with Crippen LogP contribution in [0, 0.1) is 17.1 Å². The van der Waals surface area contributed by atoms with Gasteiger partial charge in [-0.05, 0) is 24.3 Å². The van der Waals surface area contributed by atoms with Gasteiger partial charge in [-0.15, -0.1) is 0 Å². The maximum Gasteiger partial charge on any atom is 0.409 e. The van der Waals surface area contributed by atoms with E-state index in [1.165, 1.54) is 13.1 Å². The van der Waals surface area contributed by atoms with E-state index in [1.807, 2.05) is 0 Å². The van der Waals surface area contributed by atoms with Gasteiger partial charge in [0.2, 0.25) is 10.0 Å². The molecule has 2 aromatic rings. The van der Waals surface area contributed by atoms with Crippen molar-refractivity contribution < 1.29 is 35.5 Å². The lowest BCUT2D eigenvalue weighted by Gasteiger charge is -2.30. The number of sulfonamides is 1. The second-order valence-corrected chi connectivity index (χ2v) is 8.60. The molecule has 1 amide bonds. The largest absolute Gasteiger partial charge is 0.409 e. The fraction of sp³-hybridized carbons (Fsp3) is 0.333. The number of carbonyl (C=O) groups excluding carboxylic acids is 1. The van der Waals surface area contributed by atoms with Crippen molar-refractivity contribution in [1.29, 1.82) is 5.26 Å². The van der Waals surface area contributed by atoms with Crippen LogP contribution in [-0.2, 0) is 21.8 Å². The van der Waals surface area contributed by atoms with E-state index in [0.717, 1.165) is 29.0 Å². The van der Waals surface area contributed by atoms with E-state index in [0.29, 0.717) is 0 Å². The Hall–Kier alpha value is -2.95. The van der Waals surface area contributed by atoms with Crippen molar-refractivity contribution in [1.82, 2.24) is 9.29 Å². The summed E-state index contributed by atoms with van der Waals surface area (Å²) in [4.78, 5) is 12.0. The molecule has 8 nitrogen and oxygen atoms in total. The Morgan fingerprint density at radius 3 is 2.61 bits per heavy atom. The van der Waals surface area contributed by atoms with E-state index in [-0.39, 0.29) is 23.6 Å². The van der Waals surface area contributed by atoms with Crippen molar-refractivity contribution >= 4 is 21.6 Å². The monoisotopic (exact) mass is 460 g/mol. The number of nitriles is 1. The Bertz CT molecular complexity index is 1160. The van der Waals surface area contributed by atoms with Crippen LogP contribution < -0.4 is 10.0 Å². The number of ether oxygens (including phenoxy) is 1. The number of rotatable bonds is 5. The van der Waals surface area contributed by atoms with Gasteiger partial charge in [0.1, 0.15) is 22.5 Å². The summed E-state index contributed by atoms with van der Waals surface area (Å²) in [6.07, 6.45) is -4.48. The van der Waals surface area contributed by atoms with Gasteiger partial charge in [0.15, 0.2) is 5.54 Å². The van der Waals surface area contributed by atoms with Crippen molar-refractivity contribution in [3.63, 3.8) is 0 Å². The molecule has 0 saturated carbocycles. The predicted molar refractivity (Wildman–Crippen MR) is 99.0 cm³/mol. The minimum atomic E-state index is -4.88. The van der Waals surface area contributed by atoms with Gasteiger partial charge in [-0.25, -0.2) is 12.8 Å². The van der Waals surface area contributed by atoms with Gasteiger partial charge < -0.3 is 14.6 Å². The average Bonchev–Trinajstić information content (AvgIpc) is 3.30. The Labute approximate surface area is 174 Å². The van der Waals surface area contributed by atoms with Crippen molar-refractivity contribution in [2.45, 2.75) is 23.0 Å². The molecule has 2 N–H and O–H groups in total. The topological polar surface area (TPSA) is 113 Å². The molecule has 1 aliphatic heterocycles. The van der Waals surface area contributed by atoms with Crippen molar-refractivity contribution in [3.05, 3.63) is 47.5 Å². The normalized spacial score (nSPS) is 19.2. The molecule has 1 aromatic heterocycles. The van der Waals surface area contributed by atoms with Gasteiger partial charge in [0.25, 0.3) is 5.91 Å². The number of anilines is 1. The third-order valence-electron chi connectivity index (χ3n) is 4.76. The van der Waals surface area contributed by atoms with E-state index in [4.69, 9.17) is 10.00 Å². The van der Waals surface area contributed by atoms with Crippen LogP contribution in [0.1, 0.15) is 22.5 Å². The summed E-state index contributed by atoms with van der Waals surface area (Å²) in [6.45, 7) is -1.12. The molecule has 0 spiro atoms. The molecule has 1 fully saturated rings. The van der Waals surface area contributed by atoms with E-state index < -0.39 is 51.4 Å². The highest BCUT2D eigenvalue weighted by Crippen LogP contribution is 2.38. The molecule has 3 rings (SSSR count). The Morgan fingerprint density at radius 1 is 1.32 bits per heavy atom. The highest BCUT2D eigenvalue weighted by molar-refractivity contribution is 7.89. The van der Waals surface area contributed by atoms with E-state index in [2.05, 4.69) is 5.32 Å². The van der Waals surface area contributed by atoms with E-state index in [1.54, 1.807) is 10.8 Å². The van der Waals surface area contributed by atoms with Crippen LogP contribution >= 0.6 is 0 Å². The number of hydrogen-bond donors (Lipinski definition) is 2. The fourth-order valence-electron chi connectivity index (χ4n) is 3.03. The Morgan fingerprint density at radius 2 is 2.03 bits per heavy atom. The first-order chi connectivity index (χ1) is 14.4. The second kappa shape index (κ2) is 7.95. The molecule has 1 saturated heterocycles. The fourth-order valence-corrected chi connectivity index (χ4v) is 4.51. The molecule has 13 heteroatoms. The molecule has 166 valence electrons. The van der Waals surface area contributed by atoms with E-state index in [9.17, 15) is 30.8 Å². The summed E-state index contributed by atoms with van der Waals surface area (Å²) in [5.41, 5.74) is -3.18. The van der Waals surface area contributed by atoms with Gasteiger partial charge >= 0.3 is 6.18 Å². The maximum atomic E-state index is 13.5. The van der Waals surface area contributed by atoms with Gasteiger partial charge in [0, 0.05) is 32.0 Å². The SMILES string of the molecule is Cn1cc(S(=O)(=O)NC2(C(F)(F)F)CCOC2)cc1C(=O)Nc1ccc(F)c(C#N)c1. The number of aryl methyl sites for hydroxylation is 1. The van der Waals surface area contributed by atoms with Gasteiger partial charge in [0.05, 0.1) is 12.2 Å². The Balaban J connectivity index is 1.86. The third kappa shape index (κ3) is 4.41. The highest BCUT2D eigenvalue weighted by Gasteiger charge is 2.59. The molecule has 1 aliphatic rings. The summed E-state index contributed by atoms with van der Waals surface area (Å²) in [7, 11) is -3.32. The highest BCUT2D eigenvalue weighted by atomic mass is 32.2. The number of carbonyl (C=O) groups is 1. The summed E-state index contributed by atoms with van der Waals surface area (Å²) < 4.78 is 86.6. The lowest BCUT2D eigenvalue weighted by atomic mass is 10.0. The van der Waals surface area contributed by atoms with Crippen LogP contribution in [0.3, 0.4) is 0 Å². The minimum Gasteiger partial charge on any atom is -0.379 e. The lowest BCUT2D eigenvalue weighted by Crippen LogP contribution is -2.59. The summed E-state index contributed by atoms with van der Waals surface area (Å²) in [5, 5.41) is 11.2. The number of halogens is 4. The Kier molecular flexibility index (Phi) is 5.83. The van der Waals surface area contributed by atoms with Crippen LogP contribution in [0.4, 0.5) is 23.2 Å². The zero-order valence-electron chi connectivity index (χ0n) is 16.0. The molecule has 31 heavy (non-hydrogen) atoms. The standard InChI is InChI=1S/C18H16F4N4O4S/c1-26-9-13(31(28,29)25-17(18(20,21)22)4-5-30-10-17)7-15(26)16(27)24-12-2-3-14(19)11(6-12)8-23/h2-3,6-7,9,25H,4-5,10H2,1H3,(H,24,27). The second-order valence-electron chi connectivity index (χ2n) is 6.92. The van der Waals surface area contributed by atoms with Crippen LogP contribution in [-0.4, -0.2) is 43.8 Å².